The third-order valence-electron chi connectivity index (χ3n) is 4.40. The quantitative estimate of drug-likeness (QED) is 0.344. The smallest absolute Gasteiger partial charge is 0.0795 e. The number of aliphatic hydroxyl groups excluding tert-OH is 3. The van der Waals surface area contributed by atoms with Gasteiger partial charge >= 0.3 is 0 Å². The Morgan fingerprint density at radius 1 is 0.591 bits per heavy atom. The number of unbranched alkanes of at least 4 members (excludes halogenated alkanes) is 12. The average molecular weight is 317 g/mol. The van der Waals surface area contributed by atoms with Crippen LogP contribution >= 0.6 is 0 Å². The van der Waals surface area contributed by atoms with Crippen LogP contribution in [0.3, 0.4) is 0 Å². The molecule has 0 spiro atoms. The van der Waals surface area contributed by atoms with Crippen molar-refractivity contribution >= 4 is 0 Å². The minimum Gasteiger partial charge on any atom is -0.394 e. The normalized spacial score (nSPS) is 14.2. The molecule has 3 N–H and O–H groups in total. The zero-order chi connectivity index (χ0) is 16.5. The summed E-state index contributed by atoms with van der Waals surface area (Å²) in [6, 6.07) is 0. The molecule has 2 unspecified atom stereocenters. The molecule has 0 saturated heterocycles. The van der Waals surface area contributed by atoms with Crippen LogP contribution in [0.15, 0.2) is 0 Å². The Kier molecular flexibility index (Phi) is 17.1. The van der Waals surface area contributed by atoms with Crippen molar-refractivity contribution < 1.29 is 15.3 Å². The molecule has 0 bridgehead atoms. The SMILES string of the molecule is CCCCCCCCCCCCCCCC(O)CC(O)CO. The van der Waals surface area contributed by atoms with Crippen LogP contribution in [0.2, 0.25) is 0 Å². The zero-order valence-electron chi connectivity index (χ0n) is 14.8. The monoisotopic (exact) mass is 316 g/mol. The van der Waals surface area contributed by atoms with Crippen LogP contribution in [0, 0.1) is 0 Å². The van der Waals surface area contributed by atoms with Gasteiger partial charge in [0.2, 0.25) is 0 Å². The first-order valence-electron chi connectivity index (χ1n) is 9.67. The predicted octanol–water partition coefficient (Wildman–Crippen LogP) is 4.57. The van der Waals surface area contributed by atoms with Gasteiger partial charge in [0.05, 0.1) is 18.8 Å². The summed E-state index contributed by atoms with van der Waals surface area (Å²) >= 11 is 0. The molecule has 0 aliphatic heterocycles. The Hall–Kier alpha value is -0.120. The van der Waals surface area contributed by atoms with Crippen LogP contribution in [0.5, 0.6) is 0 Å². The first-order chi connectivity index (χ1) is 10.7. The van der Waals surface area contributed by atoms with Crippen LogP contribution < -0.4 is 0 Å². The highest BCUT2D eigenvalue weighted by molar-refractivity contribution is 4.62. The van der Waals surface area contributed by atoms with E-state index in [2.05, 4.69) is 6.92 Å². The van der Waals surface area contributed by atoms with Crippen molar-refractivity contribution in [3.05, 3.63) is 0 Å². The standard InChI is InChI=1S/C19H40O3/c1-2-3-4-5-6-7-8-9-10-11-12-13-14-15-18(21)16-19(22)17-20/h18-22H,2-17H2,1H3. The number of hydrogen-bond donors (Lipinski definition) is 3. The van der Waals surface area contributed by atoms with Gasteiger partial charge in [-0.2, -0.15) is 0 Å². The molecule has 0 rings (SSSR count). The van der Waals surface area contributed by atoms with Gasteiger partial charge in [-0.1, -0.05) is 90.4 Å². The summed E-state index contributed by atoms with van der Waals surface area (Å²) in [6.07, 6.45) is 17.1. The largest absolute Gasteiger partial charge is 0.394 e. The first-order valence-corrected chi connectivity index (χ1v) is 9.67. The molecule has 0 amide bonds. The summed E-state index contributed by atoms with van der Waals surface area (Å²) in [5.74, 6) is 0. The molecule has 0 saturated carbocycles. The minimum atomic E-state index is -0.767. The number of rotatable bonds is 17. The van der Waals surface area contributed by atoms with Gasteiger partial charge < -0.3 is 15.3 Å². The molecule has 3 heteroatoms. The second kappa shape index (κ2) is 17.2. The summed E-state index contributed by atoms with van der Waals surface area (Å²) in [6.45, 7) is 2.01. The van der Waals surface area contributed by atoms with Crippen molar-refractivity contribution in [3.63, 3.8) is 0 Å². The summed E-state index contributed by atoms with van der Waals surface area (Å²) in [5, 5.41) is 27.6. The zero-order valence-corrected chi connectivity index (χ0v) is 14.8. The van der Waals surface area contributed by atoms with Gasteiger partial charge in [0.25, 0.3) is 0 Å². The number of aliphatic hydroxyl groups is 3. The fourth-order valence-electron chi connectivity index (χ4n) is 2.90. The maximum atomic E-state index is 9.66. The molecule has 0 aliphatic carbocycles. The van der Waals surface area contributed by atoms with Crippen LogP contribution in [0.1, 0.15) is 103 Å². The van der Waals surface area contributed by atoms with Crippen LogP contribution in [-0.2, 0) is 0 Å². The molecule has 0 fully saturated rings. The van der Waals surface area contributed by atoms with Crippen molar-refractivity contribution in [2.45, 2.75) is 115 Å². The Morgan fingerprint density at radius 2 is 1.00 bits per heavy atom. The second-order valence-corrected chi connectivity index (χ2v) is 6.76. The van der Waals surface area contributed by atoms with E-state index in [4.69, 9.17) is 5.11 Å². The van der Waals surface area contributed by atoms with Gasteiger partial charge in [-0.15, -0.1) is 0 Å². The van der Waals surface area contributed by atoms with Crippen LogP contribution in [0.25, 0.3) is 0 Å². The van der Waals surface area contributed by atoms with Gasteiger partial charge in [-0.05, 0) is 6.42 Å². The molecule has 3 nitrogen and oxygen atoms in total. The van der Waals surface area contributed by atoms with E-state index in [-0.39, 0.29) is 6.61 Å². The van der Waals surface area contributed by atoms with E-state index in [0.29, 0.717) is 6.42 Å². The van der Waals surface area contributed by atoms with E-state index >= 15 is 0 Å². The van der Waals surface area contributed by atoms with Crippen molar-refractivity contribution in [1.29, 1.82) is 0 Å². The molecule has 2 atom stereocenters. The molecule has 0 radical (unpaired) electrons. The minimum absolute atomic E-state index is 0.254. The van der Waals surface area contributed by atoms with E-state index in [0.717, 1.165) is 12.8 Å². The molecule has 22 heavy (non-hydrogen) atoms. The van der Waals surface area contributed by atoms with E-state index < -0.39 is 12.2 Å². The first kappa shape index (κ1) is 21.9. The van der Waals surface area contributed by atoms with Gasteiger partial charge in [-0.3, -0.25) is 0 Å². The molecule has 134 valence electrons. The highest BCUT2D eigenvalue weighted by Gasteiger charge is 2.10. The lowest BCUT2D eigenvalue weighted by molar-refractivity contribution is 0.0380. The van der Waals surface area contributed by atoms with Crippen molar-refractivity contribution in [2.24, 2.45) is 0 Å². The van der Waals surface area contributed by atoms with Crippen molar-refractivity contribution in [2.75, 3.05) is 6.61 Å². The molecule has 0 heterocycles. The average Bonchev–Trinajstić information content (AvgIpc) is 2.51. The predicted molar refractivity (Wildman–Crippen MR) is 94.0 cm³/mol. The molecular formula is C19H40O3. The molecule has 0 aromatic carbocycles. The molecule has 0 aromatic rings. The maximum Gasteiger partial charge on any atom is 0.0795 e. The van der Waals surface area contributed by atoms with Crippen molar-refractivity contribution in [3.8, 4) is 0 Å². The highest BCUT2D eigenvalue weighted by atomic mass is 16.3. The maximum absolute atomic E-state index is 9.66. The number of hydrogen-bond acceptors (Lipinski definition) is 3. The Balaban J connectivity index is 3.11. The summed E-state index contributed by atoms with van der Waals surface area (Å²) in [7, 11) is 0. The summed E-state index contributed by atoms with van der Waals surface area (Å²) < 4.78 is 0. The third-order valence-corrected chi connectivity index (χ3v) is 4.40. The Bertz CT molecular complexity index is 209. The van der Waals surface area contributed by atoms with Gasteiger partial charge in [0.15, 0.2) is 0 Å². The third kappa shape index (κ3) is 16.3. The fraction of sp³-hybridized carbons (Fsp3) is 1.00. The Morgan fingerprint density at radius 3 is 1.41 bits per heavy atom. The van der Waals surface area contributed by atoms with E-state index in [9.17, 15) is 10.2 Å². The van der Waals surface area contributed by atoms with E-state index in [1.54, 1.807) is 0 Å². The lowest BCUT2D eigenvalue weighted by Gasteiger charge is -2.13. The van der Waals surface area contributed by atoms with Crippen molar-refractivity contribution in [1.82, 2.24) is 0 Å². The summed E-state index contributed by atoms with van der Waals surface area (Å²) in [5.41, 5.74) is 0. The molecule has 0 aliphatic rings. The lowest BCUT2D eigenvalue weighted by atomic mass is 10.0. The molecular weight excluding hydrogens is 276 g/mol. The van der Waals surface area contributed by atoms with Crippen LogP contribution in [-0.4, -0.2) is 34.1 Å². The van der Waals surface area contributed by atoms with Gasteiger partial charge in [0, 0.05) is 6.42 Å². The van der Waals surface area contributed by atoms with Gasteiger partial charge in [-0.25, -0.2) is 0 Å². The van der Waals surface area contributed by atoms with E-state index in [1.807, 2.05) is 0 Å². The fourth-order valence-corrected chi connectivity index (χ4v) is 2.90. The second-order valence-electron chi connectivity index (χ2n) is 6.76. The lowest BCUT2D eigenvalue weighted by Crippen LogP contribution is -2.20. The topological polar surface area (TPSA) is 60.7 Å². The highest BCUT2D eigenvalue weighted by Crippen LogP contribution is 2.14. The van der Waals surface area contributed by atoms with Gasteiger partial charge in [0.1, 0.15) is 0 Å². The van der Waals surface area contributed by atoms with E-state index in [1.165, 1.54) is 77.0 Å². The molecule has 0 aromatic heterocycles. The van der Waals surface area contributed by atoms with Crippen LogP contribution in [0.4, 0.5) is 0 Å². The Labute approximate surface area is 138 Å². The summed E-state index contributed by atoms with van der Waals surface area (Å²) in [4.78, 5) is 0.